The summed E-state index contributed by atoms with van der Waals surface area (Å²) in [5.74, 6) is -0.865. The first-order valence-electron chi connectivity index (χ1n) is 7.73. The van der Waals surface area contributed by atoms with Gasteiger partial charge in [0, 0.05) is 17.4 Å². The number of benzene rings is 2. The van der Waals surface area contributed by atoms with Crippen molar-refractivity contribution in [2.75, 3.05) is 6.26 Å². The van der Waals surface area contributed by atoms with Gasteiger partial charge in [-0.25, -0.2) is 12.8 Å². The fourth-order valence-electron chi connectivity index (χ4n) is 2.86. The SMILES string of the molecule is Cc1cc(-c2cscc2-c2ccc(S(C)(=O)=O)c(F)c2)ccc1C(F)(F)F. The standard InChI is InChI=1S/C19H14F4O2S2/c1-11-7-12(3-5-16(11)19(21,22)23)14-9-26-10-15(14)13-4-6-18(17(20)8-13)27(2,24)25/h3-10H,1-2H3. The van der Waals surface area contributed by atoms with Gasteiger partial charge < -0.3 is 0 Å². The normalized spacial score (nSPS) is 12.4. The molecule has 0 unspecified atom stereocenters. The Bertz CT molecular complexity index is 1110. The fourth-order valence-corrected chi connectivity index (χ4v) is 4.46. The predicted molar refractivity (Wildman–Crippen MR) is 98.0 cm³/mol. The quantitative estimate of drug-likeness (QED) is 0.496. The largest absolute Gasteiger partial charge is 0.416 e. The molecule has 0 radical (unpaired) electrons. The van der Waals surface area contributed by atoms with Crippen LogP contribution in [0, 0.1) is 12.7 Å². The van der Waals surface area contributed by atoms with Gasteiger partial charge >= 0.3 is 6.18 Å². The second kappa shape index (κ2) is 6.76. The Morgan fingerprint density at radius 2 is 1.48 bits per heavy atom. The smallest absolute Gasteiger partial charge is 0.224 e. The van der Waals surface area contributed by atoms with Crippen LogP contribution in [0.1, 0.15) is 11.1 Å². The molecule has 0 amide bonds. The van der Waals surface area contributed by atoms with Crippen LogP contribution in [0.15, 0.2) is 52.1 Å². The summed E-state index contributed by atoms with van der Waals surface area (Å²) in [5, 5.41) is 3.51. The number of hydrogen-bond acceptors (Lipinski definition) is 3. The number of thiophene rings is 1. The van der Waals surface area contributed by atoms with Crippen molar-refractivity contribution in [3.05, 3.63) is 64.1 Å². The minimum atomic E-state index is -4.43. The van der Waals surface area contributed by atoms with Gasteiger partial charge in [0.25, 0.3) is 0 Å². The molecular formula is C19H14F4O2S2. The highest BCUT2D eigenvalue weighted by Gasteiger charge is 2.32. The molecule has 0 saturated carbocycles. The molecule has 142 valence electrons. The monoisotopic (exact) mass is 414 g/mol. The Hall–Kier alpha value is -2.19. The van der Waals surface area contributed by atoms with E-state index in [1.54, 1.807) is 10.8 Å². The number of hydrogen-bond donors (Lipinski definition) is 0. The average molecular weight is 414 g/mol. The van der Waals surface area contributed by atoms with Gasteiger partial charge in [0.1, 0.15) is 10.7 Å². The van der Waals surface area contributed by atoms with Crippen LogP contribution in [0.4, 0.5) is 17.6 Å². The lowest BCUT2D eigenvalue weighted by molar-refractivity contribution is -0.138. The molecule has 27 heavy (non-hydrogen) atoms. The first-order valence-corrected chi connectivity index (χ1v) is 10.6. The van der Waals surface area contributed by atoms with Gasteiger partial charge in [-0.15, -0.1) is 0 Å². The van der Waals surface area contributed by atoms with Crippen molar-refractivity contribution < 1.29 is 26.0 Å². The molecule has 3 aromatic rings. The van der Waals surface area contributed by atoms with Gasteiger partial charge in [-0.2, -0.15) is 24.5 Å². The predicted octanol–water partition coefficient (Wildman–Crippen LogP) is 5.95. The molecule has 1 aromatic heterocycles. The van der Waals surface area contributed by atoms with Crippen molar-refractivity contribution in [3.63, 3.8) is 0 Å². The zero-order valence-corrected chi connectivity index (χ0v) is 15.9. The summed E-state index contributed by atoms with van der Waals surface area (Å²) >= 11 is 1.32. The molecular weight excluding hydrogens is 400 g/mol. The number of rotatable bonds is 3. The third kappa shape index (κ3) is 3.91. The van der Waals surface area contributed by atoms with Crippen LogP contribution >= 0.6 is 11.3 Å². The van der Waals surface area contributed by atoms with E-state index in [-0.39, 0.29) is 5.56 Å². The molecule has 2 nitrogen and oxygen atoms in total. The van der Waals surface area contributed by atoms with Crippen LogP contribution in [-0.2, 0) is 16.0 Å². The fraction of sp³-hybridized carbons (Fsp3) is 0.158. The van der Waals surface area contributed by atoms with Crippen molar-refractivity contribution in [2.24, 2.45) is 0 Å². The van der Waals surface area contributed by atoms with E-state index in [4.69, 9.17) is 0 Å². The van der Waals surface area contributed by atoms with Crippen LogP contribution in [0.3, 0.4) is 0 Å². The number of alkyl halides is 3. The van der Waals surface area contributed by atoms with E-state index in [1.807, 2.05) is 0 Å². The highest BCUT2D eigenvalue weighted by molar-refractivity contribution is 7.90. The van der Waals surface area contributed by atoms with Crippen LogP contribution < -0.4 is 0 Å². The van der Waals surface area contributed by atoms with Crippen molar-refractivity contribution in [1.29, 1.82) is 0 Å². The van der Waals surface area contributed by atoms with Crippen molar-refractivity contribution in [2.45, 2.75) is 18.0 Å². The number of halogens is 4. The molecule has 0 aliphatic heterocycles. The molecule has 0 bridgehead atoms. The van der Waals surface area contributed by atoms with Crippen molar-refractivity contribution in [1.82, 2.24) is 0 Å². The summed E-state index contributed by atoms with van der Waals surface area (Å²) in [6, 6.07) is 7.65. The Balaban J connectivity index is 2.08. The van der Waals surface area contributed by atoms with Gasteiger partial charge in [-0.1, -0.05) is 18.2 Å². The average Bonchev–Trinajstić information content (AvgIpc) is 3.01. The summed E-state index contributed by atoms with van der Waals surface area (Å²) in [7, 11) is -3.68. The summed E-state index contributed by atoms with van der Waals surface area (Å²) in [6.07, 6.45) is -3.50. The zero-order chi connectivity index (χ0) is 20.0. The second-order valence-corrected chi connectivity index (χ2v) is 8.87. The zero-order valence-electron chi connectivity index (χ0n) is 14.3. The van der Waals surface area contributed by atoms with Gasteiger partial charge in [0.2, 0.25) is 0 Å². The first kappa shape index (κ1) is 19.6. The first-order chi connectivity index (χ1) is 12.5. The minimum absolute atomic E-state index is 0.0933. The van der Waals surface area contributed by atoms with E-state index >= 15 is 0 Å². The molecule has 8 heteroatoms. The van der Waals surface area contributed by atoms with Crippen LogP contribution in [0.2, 0.25) is 0 Å². The molecule has 3 rings (SSSR count). The Morgan fingerprint density at radius 3 is 1.96 bits per heavy atom. The molecule has 0 spiro atoms. The third-order valence-corrected chi connectivity index (χ3v) is 6.02. The lowest BCUT2D eigenvalue weighted by Gasteiger charge is -2.12. The molecule has 0 atom stereocenters. The van der Waals surface area contributed by atoms with E-state index in [0.717, 1.165) is 18.4 Å². The summed E-state index contributed by atoms with van der Waals surface area (Å²) in [6.45, 7) is 1.39. The van der Waals surface area contributed by atoms with Crippen molar-refractivity contribution in [3.8, 4) is 22.3 Å². The molecule has 0 aliphatic carbocycles. The Morgan fingerprint density at radius 1 is 0.926 bits per heavy atom. The van der Waals surface area contributed by atoms with Crippen molar-refractivity contribution >= 4 is 21.2 Å². The third-order valence-electron chi connectivity index (χ3n) is 4.15. The summed E-state index contributed by atoms with van der Waals surface area (Å²) < 4.78 is 76.2. The Kier molecular flexibility index (Phi) is 4.90. The maximum atomic E-state index is 14.2. The minimum Gasteiger partial charge on any atom is -0.224 e. The van der Waals surface area contributed by atoms with Gasteiger partial charge in [0.15, 0.2) is 9.84 Å². The van der Waals surface area contributed by atoms with E-state index in [9.17, 15) is 26.0 Å². The van der Waals surface area contributed by atoms with Gasteiger partial charge in [-0.05, 0) is 52.6 Å². The van der Waals surface area contributed by atoms with Crippen LogP contribution in [0.5, 0.6) is 0 Å². The van der Waals surface area contributed by atoms with E-state index in [2.05, 4.69) is 0 Å². The van der Waals surface area contributed by atoms with E-state index in [0.29, 0.717) is 22.3 Å². The molecule has 0 saturated heterocycles. The number of aryl methyl sites for hydroxylation is 1. The van der Waals surface area contributed by atoms with E-state index < -0.39 is 32.3 Å². The highest BCUT2D eigenvalue weighted by Crippen LogP contribution is 2.39. The van der Waals surface area contributed by atoms with Crippen LogP contribution in [-0.4, -0.2) is 14.7 Å². The molecule has 2 aromatic carbocycles. The highest BCUT2D eigenvalue weighted by atomic mass is 32.2. The topological polar surface area (TPSA) is 34.1 Å². The maximum absolute atomic E-state index is 14.2. The van der Waals surface area contributed by atoms with Crippen LogP contribution in [0.25, 0.3) is 22.3 Å². The second-order valence-electron chi connectivity index (χ2n) is 6.14. The number of sulfone groups is 1. The summed E-state index contributed by atoms with van der Waals surface area (Å²) in [5.41, 5.74) is 1.70. The molecule has 0 N–H and O–H groups in total. The molecule has 0 aliphatic rings. The lowest BCUT2D eigenvalue weighted by Crippen LogP contribution is -2.07. The summed E-state index contributed by atoms with van der Waals surface area (Å²) in [4.78, 5) is -0.395. The maximum Gasteiger partial charge on any atom is 0.416 e. The Labute approximate surface area is 158 Å². The van der Waals surface area contributed by atoms with Gasteiger partial charge in [-0.3, -0.25) is 0 Å². The molecule has 1 heterocycles. The lowest BCUT2D eigenvalue weighted by atomic mass is 9.96. The van der Waals surface area contributed by atoms with E-state index in [1.165, 1.54) is 42.5 Å². The van der Waals surface area contributed by atoms with Gasteiger partial charge in [0.05, 0.1) is 5.56 Å². The molecule has 0 fully saturated rings.